The number of imide groups is 1. The lowest BCUT2D eigenvalue weighted by molar-refractivity contribution is -0.125. The van der Waals surface area contributed by atoms with Crippen LogP contribution in [0.5, 0.6) is 0 Å². The van der Waals surface area contributed by atoms with E-state index in [2.05, 4.69) is 15.4 Å². The minimum absolute atomic E-state index is 0.0708. The molecule has 3 aromatic rings. The summed E-state index contributed by atoms with van der Waals surface area (Å²) >= 11 is 0. The third-order valence-corrected chi connectivity index (χ3v) is 7.62. The standard InChI is InChI=1S/C22H21N3O5S/c26-20-22(25-21(27)24-20)11-3-5-16(22)13-23-31(28,29)17-9-7-14(8-10-17)19-12-15-4-1-2-6-18(15)30-19/h1-2,4,6-10,12,16,23H,3,5,11,13H2,(H2,24,25,26,27). The molecule has 5 rings (SSSR count). The smallest absolute Gasteiger partial charge is 0.322 e. The van der Waals surface area contributed by atoms with E-state index in [1.54, 1.807) is 12.1 Å². The highest BCUT2D eigenvalue weighted by molar-refractivity contribution is 7.89. The van der Waals surface area contributed by atoms with E-state index in [1.807, 2.05) is 30.3 Å². The van der Waals surface area contributed by atoms with E-state index >= 15 is 0 Å². The summed E-state index contributed by atoms with van der Waals surface area (Å²) in [4.78, 5) is 24.0. The van der Waals surface area contributed by atoms with Crippen molar-refractivity contribution in [3.63, 3.8) is 0 Å². The quantitative estimate of drug-likeness (QED) is 0.529. The van der Waals surface area contributed by atoms with E-state index in [9.17, 15) is 18.0 Å². The first-order chi connectivity index (χ1) is 14.9. The van der Waals surface area contributed by atoms with Gasteiger partial charge in [-0.15, -0.1) is 0 Å². The van der Waals surface area contributed by atoms with Gasteiger partial charge in [0.15, 0.2) is 0 Å². The van der Waals surface area contributed by atoms with Crippen molar-refractivity contribution in [2.24, 2.45) is 5.92 Å². The molecule has 2 aliphatic rings. The number of nitrogens with one attached hydrogen (secondary N) is 3. The van der Waals surface area contributed by atoms with Crippen LogP contribution in [0.25, 0.3) is 22.3 Å². The van der Waals surface area contributed by atoms with Crippen LogP contribution in [0.1, 0.15) is 19.3 Å². The van der Waals surface area contributed by atoms with Gasteiger partial charge in [0.2, 0.25) is 10.0 Å². The monoisotopic (exact) mass is 439 g/mol. The van der Waals surface area contributed by atoms with Gasteiger partial charge >= 0.3 is 6.03 Å². The third-order valence-electron chi connectivity index (χ3n) is 6.18. The molecule has 1 aliphatic heterocycles. The van der Waals surface area contributed by atoms with Gasteiger partial charge in [-0.3, -0.25) is 10.1 Å². The maximum Gasteiger partial charge on any atom is 0.322 e. The number of urea groups is 1. The predicted octanol–water partition coefficient (Wildman–Crippen LogP) is 2.76. The van der Waals surface area contributed by atoms with Crippen LogP contribution < -0.4 is 15.4 Å². The predicted molar refractivity (Wildman–Crippen MR) is 114 cm³/mol. The molecule has 2 atom stereocenters. The summed E-state index contributed by atoms with van der Waals surface area (Å²) in [6, 6.07) is 15.5. The number of fused-ring (bicyclic) bond motifs is 1. The summed E-state index contributed by atoms with van der Waals surface area (Å²) in [5.74, 6) is -0.0214. The molecule has 2 fully saturated rings. The zero-order valence-corrected chi connectivity index (χ0v) is 17.4. The van der Waals surface area contributed by atoms with Crippen LogP contribution in [0.15, 0.2) is 63.9 Å². The van der Waals surface area contributed by atoms with Gasteiger partial charge in [0.25, 0.3) is 5.91 Å². The normalized spacial score (nSPS) is 23.4. The fourth-order valence-corrected chi connectivity index (χ4v) is 5.62. The first-order valence-corrected chi connectivity index (χ1v) is 11.6. The largest absolute Gasteiger partial charge is 0.456 e. The van der Waals surface area contributed by atoms with E-state index in [4.69, 9.17) is 4.42 Å². The molecule has 3 amide bonds. The summed E-state index contributed by atoms with van der Waals surface area (Å²) < 4.78 is 34.0. The summed E-state index contributed by atoms with van der Waals surface area (Å²) in [6.45, 7) is 0.0708. The topological polar surface area (TPSA) is 118 Å². The lowest BCUT2D eigenvalue weighted by atomic mass is 9.87. The molecule has 1 aliphatic carbocycles. The van der Waals surface area contributed by atoms with Gasteiger partial charge in [0.05, 0.1) is 4.90 Å². The first-order valence-electron chi connectivity index (χ1n) is 10.1. The van der Waals surface area contributed by atoms with Crippen molar-refractivity contribution in [2.75, 3.05) is 6.54 Å². The Morgan fingerprint density at radius 3 is 2.58 bits per heavy atom. The lowest BCUT2D eigenvalue weighted by Crippen LogP contribution is -2.53. The van der Waals surface area contributed by atoms with Crippen LogP contribution in [0.2, 0.25) is 0 Å². The molecular formula is C22H21N3O5S. The molecule has 2 heterocycles. The zero-order valence-electron chi connectivity index (χ0n) is 16.6. The van der Waals surface area contributed by atoms with Crippen molar-refractivity contribution in [2.45, 2.75) is 29.7 Å². The minimum Gasteiger partial charge on any atom is -0.456 e. The zero-order chi connectivity index (χ0) is 21.6. The summed E-state index contributed by atoms with van der Waals surface area (Å²) in [5, 5.41) is 5.94. The Balaban J connectivity index is 1.32. The molecule has 160 valence electrons. The molecule has 2 unspecified atom stereocenters. The second-order valence-electron chi connectivity index (χ2n) is 7.99. The second-order valence-corrected chi connectivity index (χ2v) is 9.76. The van der Waals surface area contributed by atoms with Crippen LogP contribution in [0.3, 0.4) is 0 Å². The third kappa shape index (κ3) is 3.39. The van der Waals surface area contributed by atoms with Crippen LogP contribution in [-0.4, -0.2) is 32.4 Å². The Morgan fingerprint density at radius 2 is 1.87 bits per heavy atom. The fraction of sp³-hybridized carbons (Fsp3) is 0.273. The Morgan fingerprint density at radius 1 is 1.10 bits per heavy atom. The molecule has 2 aromatic carbocycles. The number of para-hydroxylation sites is 1. The number of furan rings is 1. The summed E-state index contributed by atoms with van der Waals surface area (Å²) in [6.07, 6.45) is 1.90. The molecule has 9 heteroatoms. The van der Waals surface area contributed by atoms with Gasteiger partial charge < -0.3 is 9.73 Å². The first kappa shape index (κ1) is 19.8. The highest BCUT2D eigenvalue weighted by Gasteiger charge is 2.54. The molecular weight excluding hydrogens is 418 g/mol. The molecule has 1 spiro atoms. The Kier molecular flexibility index (Phi) is 4.60. The van der Waals surface area contributed by atoms with Crippen LogP contribution in [-0.2, 0) is 14.8 Å². The van der Waals surface area contributed by atoms with E-state index in [1.165, 1.54) is 12.1 Å². The number of carbonyl (C=O) groups excluding carboxylic acids is 2. The maximum absolute atomic E-state index is 12.8. The van der Waals surface area contributed by atoms with Gasteiger partial charge in [0.1, 0.15) is 16.9 Å². The van der Waals surface area contributed by atoms with Crippen molar-refractivity contribution in [3.05, 3.63) is 54.6 Å². The Labute approximate surface area is 179 Å². The number of carbonyl (C=O) groups is 2. The number of sulfonamides is 1. The average Bonchev–Trinajstić information content (AvgIpc) is 3.44. The van der Waals surface area contributed by atoms with Gasteiger partial charge in [-0.25, -0.2) is 17.9 Å². The minimum atomic E-state index is -3.77. The maximum atomic E-state index is 12.8. The number of benzene rings is 2. The van der Waals surface area contributed by atoms with E-state index < -0.39 is 21.6 Å². The van der Waals surface area contributed by atoms with Crippen molar-refractivity contribution in [3.8, 4) is 11.3 Å². The summed E-state index contributed by atoms with van der Waals surface area (Å²) in [5.41, 5.74) is 0.518. The molecule has 31 heavy (non-hydrogen) atoms. The van der Waals surface area contributed by atoms with Crippen LogP contribution >= 0.6 is 0 Å². The number of amides is 3. The van der Waals surface area contributed by atoms with Gasteiger partial charge in [-0.1, -0.05) is 24.6 Å². The highest BCUT2D eigenvalue weighted by atomic mass is 32.2. The van der Waals surface area contributed by atoms with E-state index in [0.29, 0.717) is 18.6 Å². The second kappa shape index (κ2) is 7.21. The average molecular weight is 439 g/mol. The lowest BCUT2D eigenvalue weighted by Gasteiger charge is -2.28. The molecule has 1 saturated carbocycles. The van der Waals surface area contributed by atoms with E-state index in [-0.39, 0.29) is 23.3 Å². The van der Waals surface area contributed by atoms with Gasteiger partial charge in [-0.05, 0) is 49.2 Å². The highest BCUT2D eigenvalue weighted by Crippen LogP contribution is 2.37. The summed E-state index contributed by atoms with van der Waals surface area (Å²) in [7, 11) is -3.77. The molecule has 1 saturated heterocycles. The number of rotatable bonds is 5. The van der Waals surface area contributed by atoms with Gasteiger partial charge in [0, 0.05) is 23.4 Å². The SMILES string of the molecule is O=C1NC(=O)C2(CCCC2CNS(=O)(=O)c2ccc(-c3cc4ccccc4o3)cc2)N1. The molecule has 8 nitrogen and oxygen atoms in total. The Bertz CT molecular complexity index is 1250. The molecule has 3 N–H and O–H groups in total. The van der Waals surface area contributed by atoms with Crippen molar-refractivity contribution in [1.29, 1.82) is 0 Å². The van der Waals surface area contributed by atoms with E-state index in [0.717, 1.165) is 23.0 Å². The van der Waals surface area contributed by atoms with Gasteiger partial charge in [-0.2, -0.15) is 0 Å². The van der Waals surface area contributed by atoms with Crippen molar-refractivity contribution < 1.29 is 22.4 Å². The number of hydrogen-bond donors (Lipinski definition) is 3. The van der Waals surface area contributed by atoms with Crippen molar-refractivity contribution >= 4 is 32.9 Å². The Hall–Kier alpha value is -3.17. The van der Waals surface area contributed by atoms with Crippen LogP contribution in [0.4, 0.5) is 4.79 Å². The van der Waals surface area contributed by atoms with Crippen molar-refractivity contribution in [1.82, 2.24) is 15.4 Å². The molecule has 1 aromatic heterocycles. The molecule has 0 radical (unpaired) electrons. The number of hydrogen-bond acceptors (Lipinski definition) is 5. The molecule has 0 bridgehead atoms. The van der Waals surface area contributed by atoms with Crippen LogP contribution in [0, 0.1) is 5.92 Å². The fourth-order valence-electron chi connectivity index (χ4n) is 4.54.